The number of carbonyl (C=O) groups excluding carboxylic acids is 8. The Labute approximate surface area is 355 Å². The number of nitrogens with zero attached hydrogens (tertiary/aromatic N) is 1. The Balaban J connectivity index is 1.77. The Kier molecular flexibility index (Phi) is 12.6. The number of cyclic esters (lactones) is 1. The lowest BCUT2D eigenvalue weighted by molar-refractivity contribution is -0.386. The highest BCUT2D eigenvalue weighted by Gasteiger charge is 2.92. The normalized spacial score (nSPS) is 35.0. The number of hydrogen-bond donors (Lipinski definition) is 1. The minimum absolute atomic E-state index is 0.0225. The number of hydrogen-bond acceptors (Lipinski definition) is 19. The fraction of sp³-hybridized carbons (Fsp3) is 0.558. The topological polar surface area (TPSA) is 253 Å². The van der Waals surface area contributed by atoms with Crippen LogP contribution in [0.1, 0.15) is 88.2 Å². The molecule has 1 unspecified atom stereocenters. The van der Waals surface area contributed by atoms with Gasteiger partial charge >= 0.3 is 47.8 Å². The molecule has 19 heteroatoms. The molecule has 1 aromatic carbocycles. The van der Waals surface area contributed by atoms with Crippen molar-refractivity contribution in [1.82, 2.24) is 4.98 Å². The fourth-order valence-corrected chi connectivity index (χ4v) is 9.73. The van der Waals surface area contributed by atoms with Crippen LogP contribution in [0.2, 0.25) is 0 Å². The SMILES string of the molecule is CC(=O)OC[C@]12[C@H](OC(C)=O)[C@H](OC(C)=O)C3[C@@H](OC(C)=O)[C@@]14O[C@@]3(C)COC(=O)c1cccnc1CC[C@H](C)C(=O)O[C@@H]([C@H](OC(=O)c1ccccc1)[C@@H]2OC(C)=O)[C@]4(C)O. The van der Waals surface area contributed by atoms with Crippen molar-refractivity contribution in [3.63, 3.8) is 0 Å². The third-order valence-corrected chi connectivity index (χ3v) is 12.1. The summed E-state index contributed by atoms with van der Waals surface area (Å²) < 4.78 is 55.3. The maximum Gasteiger partial charge on any atom is 0.340 e. The standard InChI is InChI=1S/C43H49NO18/c1-21-16-17-29-28(15-12-18-44-29)39(52)55-19-40(7)30-31(56-23(3)46)35(58-25(5)48)42(20-54-22(2)45)36(59-26(6)49)32(60-38(51)27-13-10-9-11-14-27)34(61-37(21)50)41(8,53)43(42,62-40)33(30)57-24(4)47/h9-15,18,21,30-36,53H,16-17,19-20H2,1-8H3/t21-,30?,31+,32-,33+,34-,35+,36-,40-,41-,42+,43-/m0/s1. The van der Waals surface area contributed by atoms with E-state index in [1.54, 1.807) is 6.07 Å². The molecule has 12 atom stereocenters. The second-order valence-electron chi connectivity index (χ2n) is 16.4. The first kappa shape index (κ1) is 45.6. The molecular weight excluding hydrogens is 818 g/mol. The highest BCUT2D eigenvalue weighted by Crippen LogP contribution is 2.70. The quantitative estimate of drug-likeness (QED) is 0.295. The molecule has 3 fully saturated rings. The van der Waals surface area contributed by atoms with Crippen molar-refractivity contribution >= 4 is 47.8 Å². The summed E-state index contributed by atoms with van der Waals surface area (Å²) >= 11 is 0. The van der Waals surface area contributed by atoms with Crippen molar-refractivity contribution in [1.29, 1.82) is 0 Å². The fourth-order valence-electron chi connectivity index (χ4n) is 9.73. The molecule has 1 spiro atoms. The molecule has 0 amide bonds. The van der Waals surface area contributed by atoms with Crippen molar-refractivity contribution in [2.45, 2.75) is 122 Å². The Bertz CT molecular complexity index is 2140. The molecule has 4 aliphatic rings. The highest BCUT2D eigenvalue weighted by atomic mass is 16.7. The number of ether oxygens (including phenoxy) is 9. The van der Waals surface area contributed by atoms with Gasteiger partial charge in [0.15, 0.2) is 30.0 Å². The summed E-state index contributed by atoms with van der Waals surface area (Å²) in [5.41, 5.74) is -10.1. The zero-order valence-corrected chi connectivity index (χ0v) is 35.4. The van der Waals surface area contributed by atoms with E-state index in [2.05, 4.69) is 4.98 Å². The first-order chi connectivity index (χ1) is 29.1. The number of pyridine rings is 1. The van der Waals surface area contributed by atoms with Crippen LogP contribution in [0.15, 0.2) is 48.7 Å². The minimum Gasteiger partial charge on any atom is -0.465 e. The van der Waals surface area contributed by atoms with Crippen LogP contribution in [0.4, 0.5) is 0 Å². The molecule has 6 rings (SSSR count). The molecule has 2 aliphatic heterocycles. The highest BCUT2D eigenvalue weighted by molar-refractivity contribution is 5.91. The van der Waals surface area contributed by atoms with Gasteiger partial charge in [0.05, 0.1) is 28.7 Å². The van der Waals surface area contributed by atoms with Gasteiger partial charge in [0.25, 0.3) is 0 Å². The van der Waals surface area contributed by atoms with Gasteiger partial charge in [-0.05, 0) is 51.0 Å². The number of fused-ring (bicyclic) bond motifs is 5. The molecule has 334 valence electrons. The van der Waals surface area contributed by atoms with Gasteiger partial charge in [-0.2, -0.15) is 0 Å². The zero-order valence-electron chi connectivity index (χ0n) is 35.4. The molecule has 3 heterocycles. The summed E-state index contributed by atoms with van der Waals surface area (Å²) in [6.45, 7) is 7.16. The molecule has 1 saturated heterocycles. The maximum absolute atomic E-state index is 14.4. The summed E-state index contributed by atoms with van der Waals surface area (Å²) in [6.07, 6.45) is -10.6. The van der Waals surface area contributed by atoms with Crippen LogP contribution in [0.25, 0.3) is 0 Å². The number of aromatic nitrogens is 1. The Hall–Kier alpha value is -5.95. The van der Waals surface area contributed by atoms with E-state index in [9.17, 15) is 43.5 Å². The molecule has 2 saturated carbocycles. The van der Waals surface area contributed by atoms with Gasteiger partial charge in [0, 0.05) is 40.8 Å². The number of benzene rings is 1. The number of rotatable bonds is 8. The molecule has 0 radical (unpaired) electrons. The summed E-state index contributed by atoms with van der Waals surface area (Å²) in [7, 11) is 0. The second kappa shape index (κ2) is 17.1. The average Bonchev–Trinajstić information content (AvgIpc) is 3.41. The molecule has 1 aromatic heterocycles. The minimum atomic E-state index is -2.86. The van der Waals surface area contributed by atoms with Crippen LogP contribution >= 0.6 is 0 Å². The summed E-state index contributed by atoms with van der Waals surface area (Å²) in [5, 5.41) is 13.6. The smallest absolute Gasteiger partial charge is 0.340 e. The molecule has 2 aromatic rings. The summed E-state index contributed by atoms with van der Waals surface area (Å²) in [4.78, 5) is 113. The van der Waals surface area contributed by atoms with Crippen LogP contribution in [0.3, 0.4) is 0 Å². The molecule has 62 heavy (non-hydrogen) atoms. The zero-order chi connectivity index (χ0) is 45.5. The van der Waals surface area contributed by atoms with Crippen molar-refractivity contribution in [3.8, 4) is 0 Å². The van der Waals surface area contributed by atoms with Crippen molar-refractivity contribution in [2.75, 3.05) is 13.2 Å². The predicted molar refractivity (Wildman–Crippen MR) is 205 cm³/mol. The van der Waals surface area contributed by atoms with E-state index in [0.29, 0.717) is 0 Å². The van der Waals surface area contributed by atoms with E-state index >= 15 is 0 Å². The number of aryl methyl sites for hydroxylation is 1. The molecular formula is C43H49NO18. The molecule has 4 bridgehead atoms. The van der Waals surface area contributed by atoms with Crippen LogP contribution in [-0.2, 0) is 77.8 Å². The third-order valence-electron chi connectivity index (χ3n) is 12.1. The summed E-state index contributed by atoms with van der Waals surface area (Å²) in [6, 6.07) is 10.4. The first-order valence-corrected chi connectivity index (χ1v) is 19.9. The lowest BCUT2D eigenvalue weighted by Crippen LogP contribution is -2.89. The monoisotopic (exact) mass is 867 g/mol. The number of carbonyl (C=O) groups is 8. The van der Waals surface area contributed by atoms with E-state index < -0.39 is 132 Å². The second-order valence-corrected chi connectivity index (χ2v) is 16.4. The Morgan fingerprint density at radius 3 is 1.97 bits per heavy atom. The number of esters is 8. The van der Waals surface area contributed by atoms with Crippen LogP contribution in [-0.4, -0.2) is 124 Å². The van der Waals surface area contributed by atoms with Gasteiger partial charge in [-0.1, -0.05) is 25.1 Å². The Morgan fingerprint density at radius 2 is 1.37 bits per heavy atom. The van der Waals surface area contributed by atoms with Crippen LogP contribution in [0, 0.1) is 17.3 Å². The Morgan fingerprint density at radius 1 is 0.774 bits per heavy atom. The van der Waals surface area contributed by atoms with Gasteiger partial charge in [0.2, 0.25) is 0 Å². The molecule has 1 N–H and O–H groups in total. The molecule has 19 nitrogen and oxygen atoms in total. The van der Waals surface area contributed by atoms with E-state index in [1.165, 1.54) is 56.4 Å². The molecule has 2 aliphatic carbocycles. The van der Waals surface area contributed by atoms with Crippen molar-refractivity contribution < 1.29 is 86.1 Å². The first-order valence-electron chi connectivity index (χ1n) is 19.9. The lowest BCUT2D eigenvalue weighted by Gasteiger charge is -2.67. The largest absolute Gasteiger partial charge is 0.465 e. The lowest BCUT2D eigenvalue weighted by atomic mass is 9.45. The van der Waals surface area contributed by atoms with Gasteiger partial charge in [0.1, 0.15) is 42.0 Å². The maximum atomic E-state index is 14.4. The van der Waals surface area contributed by atoms with Crippen LogP contribution in [0.5, 0.6) is 0 Å². The van der Waals surface area contributed by atoms with Crippen molar-refractivity contribution in [3.05, 3.63) is 65.5 Å². The van der Waals surface area contributed by atoms with E-state index in [4.69, 9.17) is 42.6 Å². The third kappa shape index (κ3) is 7.76. The summed E-state index contributed by atoms with van der Waals surface area (Å²) in [5.74, 6) is -10.7. The van der Waals surface area contributed by atoms with Crippen LogP contribution < -0.4 is 0 Å². The van der Waals surface area contributed by atoms with Gasteiger partial charge in [-0.25, -0.2) is 9.59 Å². The predicted octanol–water partition coefficient (Wildman–Crippen LogP) is 2.16. The van der Waals surface area contributed by atoms with E-state index in [0.717, 1.165) is 41.5 Å². The average molecular weight is 868 g/mol. The number of aliphatic hydroxyl groups is 1. The van der Waals surface area contributed by atoms with E-state index in [-0.39, 0.29) is 29.7 Å². The van der Waals surface area contributed by atoms with Gasteiger partial charge in [-0.15, -0.1) is 0 Å². The van der Waals surface area contributed by atoms with Gasteiger partial charge < -0.3 is 47.7 Å². The van der Waals surface area contributed by atoms with E-state index in [1.807, 2.05) is 0 Å². The van der Waals surface area contributed by atoms with Gasteiger partial charge in [-0.3, -0.25) is 33.8 Å². The van der Waals surface area contributed by atoms with Crippen molar-refractivity contribution in [2.24, 2.45) is 17.3 Å².